The van der Waals surface area contributed by atoms with Crippen LogP contribution < -0.4 is 15.5 Å². The first-order valence-corrected chi connectivity index (χ1v) is 8.93. The second kappa shape index (κ2) is 8.08. The average molecular weight is 383 g/mol. The van der Waals surface area contributed by atoms with E-state index in [9.17, 15) is 19.2 Å². The molecule has 8 heteroatoms. The maximum atomic E-state index is 12.3. The van der Waals surface area contributed by atoms with E-state index in [-0.39, 0.29) is 24.3 Å². The molecule has 1 aromatic heterocycles. The topological polar surface area (TPSA) is 109 Å². The number of aromatic nitrogens is 1. The Labute approximate surface area is 161 Å². The number of fused-ring (bicyclic) bond motifs is 1. The normalized spacial score (nSPS) is 13.0. The highest BCUT2D eigenvalue weighted by molar-refractivity contribution is 6.22. The Hall–Kier alpha value is -3.42. The molecule has 0 spiro atoms. The highest BCUT2D eigenvalue weighted by Crippen LogP contribution is 2.21. The molecule has 0 aliphatic carbocycles. The van der Waals surface area contributed by atoms with Crippen LogP contribution in [0.3, 0.4) is 0 Å². The molecular formula is C20H21N3O5. The van der Waals surface area contributed by atoms with E-state index in [1.54, 1.807) is 24.3 Å². The Morgan fingerprint density at radius 3 is 2.36 bits per heavy atom. The summed E-state index contributed by atoms with van der Waals surface area (Å²) >= 11 is 0. The summed E-state index contributed by atoms with van der Waals surface area (Å²) in [6, 6.07) is 7.79. The first-order valence-electron chi connectivity index (χ1n) is 8.93. The monoisotopic (exact) mass is 383 g/mol. The molecular weight excluding hydrogens is 362 g/mol. The van der Waals surface area contributed by atoms with E-state index in [0.29, 0.717) is 29.3 Å². The molecule has 0 fully saturated rings. The summed E-state index contributed by atoms with van der Waals surface area (Å²) in [4.78, 5) is 52.6. The van der Waals surface area contributed by atoms with Gasteiger partial charge in [-0.05, 0) is 18.1 Å². The van der Waals surface area contributed by atoms with Gasteiger partial charge in [0.05, 0.1) is 24.3 Å². The number of aromatic amines is 1. The van der Waals surface area contributed by atoms with E-state index in [1.807, 2.05) is 13.8 Å². The van der Waals surface area contributed by atoms with Crippen LogP contribution >= 0.6 is 0 Å². The summed E-state index contributed by atoms with van der Waals surface area (Å²) in [6.07, 6.45) is 1.45. The number of rotatable bonds is 7. The predicted octanol–water partition coefficient (Wildman–Crippen LogP) is 1.32. The van der Waals surface area contributed by atoms with Gasteiger partial charge >= 0.3 is 0 Å². The molecule has 1 aliphatic heterocycles. The summed E-state index contributed by atoms with van der Waals surface area (Å²) < 4.78 is 5.41. The Morgan fingerprint density at radius 2 is 1.79 bits per heavy atom. The summed E-state index contributed by atoms with van der Waals surface area (Å²) in [5.41, 5.74) is 0.782. The molecule has 3 amide bonds. The molecule has 2 aromatic rings. The van der Waals surface area contributed by atoms with Gasteiger partial charge in [0.15, 0.2) is 5.75 Å². The first-order chi connectivity index (χ1) is 13.4. The van der Waals surface area contributed by atoms with Gasteiger partial charge in [-0.2, -0.15) is 0 Å². The van der Waals surface area contributed by atoms with Gasteiger partial charge in [-0.25, -0.2) is 0 Å². The van der Waals surface area contributed by atoms with Crippen molar-refractivity contribution in [2.45, 2.75) is 20.4 Å². The number of ether oxygens (including phenoxy) is 1. The average Bonchev–Trinajstić information content (AvgIpc) is 2.91. The van der Waals surface area contributed by atoms with Crippen LogP contribution in [-0.4, -0.2) is 40.8 Å². The molecule has 28 heavy (non-hydrogen) atoms. The minimum absolute atomic E-state index is 0.0572. The minimum atomic E-state index is -0.504. The lowest BCUT2D eigenvalue weighted by Crippen LogP contribution is -2.40. The molecule has 0 radical (unpaired) electrons. The van der Waals surface area contributed by atoms with Crippen molar-refractivity contribution in [2.24, 2.45) is 5.92 Å². The minimum Gasteiger partial charge on any atom is -0.488 e. The lowest BCUT2D eigenvalue weighted by molar-refractivity contribution is -0.121. The van der Waals surface area contributed by atoms with Gasteiger partial charge < -0.3 is 15.0 Å². The largest absolute Gasteiger partial charge is 0.488 e. The number of nitrogens with one attached hydrogen (secondary N) is 2. The van der Waals surface area contributed by atoms with Crippen LogP contribution in [0.4, 0.5) is 0 Å². The zero-order valence-corrected chi connectivity index (χ0v) is 15.7. The van der Waals surface area contributed by atoms with E-state index in [0.717, 1.165) is 4.90 Å². The molecule has 2 N–H and O–H groups in total. The zero-order chi connectivity index (χ0) is 20.3. The predicted molar refractivity (Wildman–Crippen MR) is 101 cm³/mol. The smallest absolute Gasteiger partial charge is 0.262 e. The highest BCUT2D eigenvalue weighted by Gasteiger charge is 2.36. The van der Waals surface area contributed by atoms with Crippen LogP contribution in [0, 0.1) is 5.92 Å². The van der Waals surface area contributed by atoms with Gasteiger partial charge in [0, 0.05) is 18.0 Å². The molecule has 0 unspecified atom stereocenters. The third-order valence-corrected chi connectivity index (χ3v) is 4.16. The van der Waals surface area contributed by atoms with Crippen LogP contribution in [0.25, 0.3) is 0 Å². The number of pyridine rings is 1. The second-order valence-electron chi connectivity index (χ2n) is 6.91. The van der Waals surface area contributed by atoms with Crippen molar-refractivity contribution < 1.29 is 19.1 Å². The first kappa shape index (κ1) is 19.3. The fraction of sp³-hybridized carbons (Fsp3) is 0.300. The number of hydrogen-bond acceptors (Lipinski definition) is 5. The molecule has 2 heterocycles. The Morgan fingerprint density at radius 1 is 1.14 bits per heavy atom. The van der Waals surface area contributed by atoms with Gasteiger partial charge in [0.1, 0.15) is 6.54 Å². The molecule has 146 valence electrons. The number of carbonyl (C=O) groups excluding carboxylic acids is 3. The van der Waals surface area contributed by atoms with Crippen molar-refractivity contribution >= 4 is 17.7 Å². The van der Waals surface area contributed by atoms with Crippen LogP contribution in [0.15, 0.2) is 41.3 Å². The molecule has 0 saturated heterocycles. The van der Waals surface area contributed by atoms with Gasteiger partial charge in [0.25, 0.3) is 11.8 Å². The SMILES string of the molecule is CC(C)COc1c[nH]c(CNC(=O)CN2C(=O)c3ccccc3C2=O)cc1=O. The third-order valence-electron chi connectivity index (χ3n) is 4.16. The van der Waals surface area contributed by atoms with Crippen molar-refractivity contribution in [3.63, 3.8) is 0 Å². The second-order valence-corrected chi connectivity index (χ2v) is 6.91. The lowest BCUT2D eigenvalue weighted by atomic mass is 10.1. The van der Waals surface area contributed by atoms with Gasteiger partial charge in [-0.15, -0.1) is 0 Å². The Kier molecular flexibility index (Phi) is 5.58. The van der Waals surface area contributed by atoms with Crippen molar-refractivity contribution in [2.75, 3.05) is 13.2 Å². The van der Waals surface area contributed by atoms with Crippen molar-refractivity contribution in [1.82, 2.24) is 15.2 Å². The van der Waals surface area contributed by atoms with Crippen LogP contribution in [0.1, 0.15) is 40.3 Å². The highest BCUT2D eigenvalue weighted by atomic mass is 16.5. The van der Waals surface area contributed by atoms with Gasteiger partial charge in [0.2, 0.25) is 11.3 Å². The lowest BCUT2D eigenvalue weighted by Gasteiger charge is -2.14. The number of amides is 3. The van der Waals surface area contributed by atoms with E-state index >= 15 is 0 Å². The standard InChI is InChI=1S/C20H21N3O5/c1-12(2)11-28-17-9-21-13(7-16(17)24)8-22-18(25)10-23-19(26)14-5-3-4-6-15(14)20(23)27/h3-7,9,12H,8,10-11H2,1-2H3,(H,21,24)(H,22,25). The molecule has 3 rings (SSSR count). The Bertz CT molecular complexity index is 945. The number of imide groups is 1. The number of nitrogens with zero attached hydrogens (tertiary/aromatic N) is 1. The van der Waals surface area contributed by atoms with Crippen LogP contribution in [0.5, 0.6) is 5.75 Å². The Balaban J connectivity index is 1.57. The van der Waals surface area contributed by atoms with Crippen molar-refractivity contribution in [1.29, 1.82) is 0 Å². The summed E-state index contributed by atoms with van der Waals surface area (Å²) in [5.74, 6) is -0.975. The zero-order valence-electron chi connectivity index (χ0n) is 15.7. The van der Waals surface area contributed by atoms with Crippen LogP contribution in [-0.2, 0) is 11.3 Å². The molecule has 0 bridgehead atoms. The summed E-state index contributed by atoms with van der Waals surface area (Å²) in [6.45, 7) is 4.06. The molecule has 0 saturated carbocycles. The number of H-pyrrole nitrogens is 1. The number of carbonyl (C=O) groups is 3. The molecule has 0 atom stereocenters. The van der Waals surface area contributed by atoms with E-state index in [2.05, 4.69) is 10.3 Å². The fourth-order valence-corrected chi connectivity index (χ4v) is 2.75. The summed E-state index contributed by atoms with van der Waals surface area (Å²) in [5, 5.41) is 2.59. The van der Waals surface area contributed by atoms with E-state index < -0.39 is 17.7 Å². The maximum Gasteiger partial charge on any atom is 0.262 e. The van der Waals surface area contributed by atoms with E-state index in [4.69, 9.17) is 4.74 Å². The molecule has 1 aromatic carbocycles. The number of hydrogen-bond donors (Lipinski definition) is 2. The fourth-order valence-electron chi connectivity index (χ4n) is 2.75. The van der Waals surface area contributed by atoms with Crippen LogP contribution in [0.2, 0.25) is 0 Å². The quantitative estimate of drug-likeness (QED) is 0.701. The van der Waals surface area contributed by atoms with Crippen molar-refractivity contribution in [3.8, 4) is 5.75 Å². The van der Waals surface area contributed by atoms with E-state index in [1.165, 1.54) is 12.3 Å². The molecule has 8 nitrogen and oxygen atoms in total. The van der Waals surface area contributed by atoms with Gasteiger partial charge in [-0.3, -0.25) is 24.1 Å². The van der Waals surface area contributed by atoms with Crippen molar-refractivity contribution in [3.05, 3.63) is 63.6 Å². The summed E-state index contributed by atoms with van der Waals surface area (Å²) in [7, 11) is 0. The third kappa shape index (κ3) is 4.11. The number of benzene rings is 1. The maximum absolute atomic E-state index is 12.3. The van der Waals surface area contributed by atoms with Gasteiger partial charge in [-0.1, -0.05) is 26.0 Å². The molecule has 1 aliphatic rings.